The summed E-state index contributed by atoms with van der Waals surface area (Å²) in [7, 11) is 1.41. The molecule has 5 nitrogen and oxygen atoms in total. The van der Waals surface area contributed by atoms with Crippen molar-refractivity contribution in [2.75, 3.05) is 13.7 Å². The van der Waals surface area contributed by atoms with Gasteiger partial charge in [0, 0.05) is 35.3 Å². The van der Waals surface area contributed by atoms with Crippen LogP contribution in [0.1, 0.15) is 34.5 Å². The number of H-pyrrole nitrogens is 1. The van der Waals surface area contributed by atoms with Crippen molar-refractivity contribution < 1.29 is 19.1 Å². The van der Waals surface area contributed by atoms with E-state index in [4.69, 9.17) is 9.47 Å². The van der Waals surface area contributed by atoms with Gasteiger partial charge >= 0.3 is 5.97 Å². The highest BCUT2D eigenvalue weighted by Gasteiger charge is 2.28. The number of benzene rings is 2. The molecule has 1 aromatic heterocycles. The number of aromatic nitrogens is 1. The van der Waals surface area contributed by atoms with Crippen molar-refractivity contribution in [2.24, 2.45) is 0 Å². The molecule has 0 spiro atoms. The predicted octanol–water partition coefficient (Wildman–Crippen LogP) is 3.84. The number of carbonyl (C=O) groups is 2. The number of Topliss-reactive ketones (excluding diaryl/α,β-unsaturated/α-hetero) is 1. The summed E-state index contributed by atoms with van der Waals surface area (Å²) in [5.41, 5.74) is 3.21. The number of para-hydroxylation sites is 1. The van der Waals surface area contributed by atoms with Crippen LogP contribution in [-0.2, 0) is 20.7 Å². The standard InChI is InChI=1S/C21H21NO4/c1-3-14-10-7-11-16-17(12-22-19(14)16)20(24)21(26-18(23)13-25-2)15-8-5-4-6-9-15/h4-12,21-22H,3,13H2,1-2H3/t21-/m0/s1. The summed E-state index contributed by atoms with van der Waals surface area (Å²) in [5, 5.41) is 0.832. The second-order valence-corrected chi connectivity index (χ2v) is 5.97. The maximum atomic E-state index is 13.2. The van der Waals surface area contributed by atoms with Crippen molar-refractivity contribution in [1.29, 1.82) is 0 Å². The fourth-order valence-electron chi connectivity index (χ4n) is 3.04. The van der Waals surface area contributed by atoms with Crippen molar-refractivity contribution in [3.63, 3.8) is 0 Å². The van der Waals surface area contributed by atoms with Gasteiger partial charge in [-0.05, 0) is 12.0 Å². The molecule has 0 saturated carbocycles. The molecule has 0 bridgehead atoms. The largest absolute Gasteiger partial charge is 0.447 e. The highest BCUT2D eigenvalue weighted by molar-refractivity contribution is 6.11. The molecule has 0 aliphatic heterocycles. The number of aryl methyl sites for hydroxylation is 1. The Morgan fingerprint density at radius 3 is 2.54 bits per heavy atom. The normalized spacial score (nSPS) is 12.1. The monoisotopic (exact) mass is 351 g/mol. The molecular formula is C21H21NO4. The van der Waals surface area contributed by atoms with E-state index in [9.17, 15) is 9.59 Å². The molecule has 0 saturated heterocycles. The van der Waals surface area contributed by atoms with Gasteiger partial charge in [-0.15, -0.1) is 0 Å². The number of ether oxygens (including phenoxy) is 2. The summed E-state index contributed by atoms with van der Waals surface area (Å²) in [5.74, 6) is -0.844. The topological polar surface area (TPSA) is 68.4 Å². The van der Waals surface area contributed by atoms with Gasteiger partial charge < -0.3 is 14.5 Å². The summed E-state index contributed by atoms with van der Waals surface area (Å²) >= 11 is 0. The van der Waals surface area contributed by atoms with Gasteiger partial charge in [0.2, 0.25) is 5.78 Å². The van der Waals surface area contributed by atoms with Crippen LogP contribution in [0.4, 0.5) is 0 Å². The van der Waals surface area contributed by atoms with E-state index in [-0.39, 0.29) is 12.4 Å². The smallest absolute Gasteiger partial charge is 0.333 e. The third-order valence-electron chi connectivity index (χ3n) is 4.30. The number of hydrogen-bond acceptors (Lipinski definition) is 4. The van der Waals surface area contributed by atoms with Crippen molar-refractivity contribution >= 4 is 22.7 Å². The number of carbonyl (C=O) groups excluding carboxylic acids is 2. The van der Waals surface area contributed by atoms with E-state index in [2.05, 4.69) is 11.9 Å². The van der Waals surface area contributed by atoms with Gasteiger partial charge in [0.15, 0.2) is 6.10 Å². The van der Waals surface area contributed by atoms with Gasteiger partial charge in [-0.3, -0.25) is 4.79 Å². The molecular weight excluding hydrogens is 330 g/mol. The van der Waals surface area contributed by atoms with Gasteiger partial charge in [-0.2, -0.15) is 0 Å². The molecule has 3 aromatic rings. The van der Waals surface area contributed by atoms with Gasteiger partial charge in [0.25, 0.3) is 0 Å². The fourth-order valence-corrected chi connectivity index (χ4v) is 3.04. The van der Waals surface area contributed by atoms with E-state index in [0.717, 1.165) is 22.9 Å². The lowest BCUT2D eigenvalue weighted by molar-refractivity contribution is -0.151. The van der Waals surface area contributed by atoms with Gasteiger partial charge in [-0.1, -0.05) is 55.5 Å². The molecule has 0 amide bonds. The first kappa shape index (κ1) is 17.9. The van der Waals surface area contributed by atoms with E-state index < -0.39 is 12.1 Å². The van der Waals surface area contributed by atoms with Crippen LogP contribution in [0.5, 0.6) is 0 Å². The average Bonchev–Trinajstić information content (AvgIpc) is 3.10. The maximum Gasteiger partial charge on any atom is 0.333 e. The zero-order valence-corrected chi connectivity index (χ0v) is 14.8. The summed E-state index contributed by atoms with van der Waals surface area (Å²) in [6.07, 6.45) is 1.53. The van der Waals surface area contributed by atoms with E-state index in [1.165, 1.54) is 7.11 Å². The second kappa shape index (κ2) is 7.97. The molecule has 5 heteroatoms. The number of ketones is 1. The lowest BCUT2D eigenvalue weighted by atomic mass is 9.98. The van der Waals surface area contributed by atoms with Gasteiger partial charge in [0.05, 0.1) is 0 Å². The van der Waals surface area contributed by atoms with Gasteiger partial charge in [0.1, 0.15) is 6.61 Å². The Morgan fingerprint density at radius 1 is 1.08 bits per heavy atom. The Bertz CT molecular complexity index is 914. The highest BCUT2D eigenvalue weighted by atomic mass is 16.6. The summed E-state index contributed by atoms with van der Waals surface area (Å²) < 4.78 is 10.3. The van der Waals surface area contributed by atoms with E-state index in [1.54, 1.807) is 18.3 Å². The zero-order valence-electron chi connectivity index (χ0n) is 14.8. The molecule has 1 atom stereocenters. The van der Waals surface area contributed by atoms with Crippen molar-refractivity contribution in [3.05, 3.63) is 71.4 Å². The summed E-state index contributed by atoms with van der Waals surface area (Å²) in [6, 6.07) is 14.9. The molecule has 0 aliphatic rings. The maximum absolute atomic E-state index is 13.2. The fraction of sp³-hybridized carbons (Fsp3) is 0.238. The minimum absolute atomic E-state index is 0.204. The second-order valence-electron chi connectivity index (χ2n) is 5.97. The van der Waals surface area contributed by atoms with Crippen molar-refractivity contribution in [1.82, 2.24) is 4.98 Å². The number of methoxy groups -OCH3 is 1. The van der Waals surface area contributed by atoms with Crippen LogP contribution in [0.3, 0.4) is 0 Å². The molecule has 1 N–H and O–H groups in total. The number of esters is 1. The molecule has 0 radical (unpaired) electrons. The Labute approximate surface area is 151 Å². The number of nitrogens with one attached hydrogen (secondary N) is 1. The lowest BCUT2D eigenvalue weighted by Crippen LogP contribution is -2.22. The molecule has 26 heavy (non-hydrogen) atoms. The van der Waals surface area contributed by atoms with E-state index >= 15 is 0 Å². The van der Waals surface area contributed by atoms with Crippen LogP contribution in [0.2, 0.25) is 0 Å². The zero-order chi connectivity index (χ0) is 18.5. The molecule has 3 rings (SSSR count). The van der Waals surface area contributed by atoms with Crippen LogP contribution in [0, 0.1) is 0 Å². The van der Waals surface area contributed by atoms with E-state index in [0.29, 0.717) is 11.1 Å². The quantitative estimate of drug-likeness (QED) is 0.519. The Kier molecular flexibility index (Phi) is 5.49. The molecule has 1 heterocycles. The predicted molar refractivity (Wildman–Crippen MR) is 99.2 cm³/mol. The van der Waals surface area contributed by atoms with Crippen LogP contribution >= 0.6 is 0 Å². The summed E-state index contributed by atoms with van der Waals surface area (Å²) in [6.45, 7) is 1.86. The first-order valence-electron chi connectivity index (χ1n) is 8.52. The first-order chi connectivity index (χ1) is 12.7. The molecule has 134 valence electrons. The van der Waals surface area contributed by atoms with Gasteiger partial charge in [-0.25, -0.2) is 4.79 Å². The van der Waals surface area contributed by atoms with Crippen molar-refractivity contribution in [3.8, 4) is 0 Å². The molecule has 2 aromatic carbocycles. The molecule has 0 fully saturated rings. The summed E-state index contributed by atoms with van der Waals surface area (Å²) in [4.78, 5) is 28.4. The van der Waals surface area contributed by atoms with Crippen LogP contribution in [0.25, 0.3) is 10.9 Å². The number of fused-ring (bicyclic) bond motifs is 1. The number of rotatable bonds is 7. The van der Waals surface area contributed by atoms with Crippen LogP contribution < -0.4 is 0 Å². The third kappa shape index (κ3) is 3.53. The molecule has 0 unspecified atom stereocenters. The highest BCUT2D eigenvalue weighted by Crippen LogP contribution is 2.28. The number of hydrogen-bond donors (Lipinski definition) is 1. The molecule has 0 aliphatic carbocycles. The average molecular weight is 351 g/mol. The van der Waals surface area contributed by atoms with E-state index in [1.807, 2.05) is 36.4 Å². The Hall–Kier alpha value is -2.92. The lowest BCUT2D eigenvalue weighted by Gasteiger charge is -2.17. The van der Waals surface area contributed by atoms with Crippen molar-refractivity contribution in [2.45, 2.75) is 19.4 Å². The first-order valence-corrected chi connectivity index (χ1v) is 8.52. The minimum atomic E-state index is -1.01. The SMILES string of the molecule is CCc1cccc2c(C(=O)[C@@H](OC(=O)COC)c3ccccc3)c[nH]c12. The van der Waals surface area contributed by atoms with Crippen LogP contribution in [0.15, 0.2) is 54.7 Å². The number of aromatic amines is 1. The minimum Gasteiger partial charge on any atom is -0.447 e. The Balaban J connectivity index is 2.01. The third-order valence-corrected chi connectivity index (χ3v) is 4.30. The Morgan fingerprint density at radius 2 is 1.85 bits per heavy atom. The van der Waals surface area contributed by atoms with Crippen LogP contribution in [-0.4, -0.2) is 30.5 Å².